The van der Waals surface area contributed by atoms with Crippen LogP contribution in [0.25, 0.3) is 11.4 Å². The van der Waals surface area contributed by atoms with Gasteiger partial charge in [-0.3, -0.25) is 10.1 Å². The van der Waals surface area contributed by atoms with Crippen molar-refractivity contribution in [3.8, 4) is 11.4 Å². The van der Waals surface area contributed by atoms with Gasteiger partial charge in [0, 0.05) is 11.1 Å². The molecule has 0 bridgehead atoms. The summed E-state index contributed by atoms with van der Waals surface area (Å²) < 4.78 is 32.1. The number of carbonyl (C=O) groups excluding carboxylic acids is 1. The average molecular weight is 457 g/mol. The van der Waals surface area contributed by atoms with Gasteiger partial charge < -0.3 is 4.52 Å². The Labute approximate surface area is 181 Å². The van der Waals surface area contributed by atoms with E-state index in [9.17, 15) is 13.2 Å². The molecule has 31 heavy (non-hydrogen) atoms. The summed E-state index contributed by atoms with van der Waals surface area (Å²) in [4.78, 5) is 16.5. The number of benzene rings is 2. The van der Waals surface area contributed by atoms with E-state index in [0.29, 0.717) is 11.4 Å². The first-order valence-electron chi connectivity index (χ1n) is 9.00. The van der Waals surface area contributed by atoms with Crippen molar-refractivity contribution in [2.45, 2.75) is 17.8 Å². The van der Waals surface area contributed by atoms with Crippen molar-refractivity contribution in [3.05, 3.63) is 71.6 Å². The van der Waals surface area contributed by atoms with Gasteiger partial charge in [-0.25, -0.2) is 8.42 Å². The largest absolute Gasteiger partial charge is 0.338 e. The summed E-state index contributed by atoms with van der Waals surface area (Å²) in [5.41, 5.74) is 2.11. The van der Waals surface area contributed by atoms with Crippen molar-refractivity contribution in [2.75, 3.05) is 5.32 Å². The zero-order chi connectivity index (χ0) is 21.8. The van der Waals surface area contributed by atoms with E-state index in [1.165, 1.54) is 0 Å². The first-order chi connectivity index (χ1) is 14.9. The van der Waals surface area contributed by atoms with Crippen LogP contribution in [0.3, 0.4) is 0 Å². The maximum atomic E-state index is 12.5. The zero-order valence-electron chi connectivity index (χ0n) is 16.1. The number of hydrogen-bond donors (Lipinski definition) is 2. The lowest BCUT2D eigenvalue weighted by molar-refractivity contribution is 0.102. The van der Waals surface area contributed by atoms with Crippen LogP contribution in [0.5, 0.6) is 0 Å². The normalized spacial score (nSPS) is 11.4. The van der Waals surface area contributed by atoms with Gasteiger partial charge in [-0.15, -0.1) is 10.2 Å². The number of hydrogen-bond acceptors (Lipinski definition) is 9. The second-order valence-corrected chi connectivity index (χ2v) is 9.32. The quantitative estimate of drug-likeness (QED) is 0.405. The van der Waals surface area contributed by atoms with Crippen LogP contribution in [0, 0.1) is 6.92 Å². The molecule has 2 N–H and O–H groups in total. The van der Waals surface area contributed by atoms with Crippen LogP contribution in [0.2, 0.25) is 0 Å². The highest BCUT2D eigenvalue weighted by Crippen LogP contribution is 2.21. The number of nitrogens with one attached hydrogen (secondary N) is 2. The molecule has 0 radical (unpaired) electrons. The third-order valence-corrected chi connectivity index (χ3v) is 6.66. The highest BCUT2D eigenvalue weighted by molar-refractivity contribution is 7.91. The molecule has 12 heteroatoms. The SMILES string of the molecule is Cc1cccc(C(=O)Nc2nnc(S(=O)(=O)NCc3nc(-c4ccccc4)no3)s2)c1. The van der Waals surface area contributed by atoms with Gasteiger partial charge in [0.2, 0.25) is 21.2 Å². The van der Waals surface area contributed by atoms with Crippen LogP contribution in [-0.4, -0.2) is 34.7 Å². The summed E-state index contributed by atoms with van der Waals surface area (Å²) in [6, 6.07) is 16.1. The number of amides is 1. The van der Waals surface area contributed by atoms with Crippen LogP contribution >= 0.6 is 11.3 Å². The Balaban J connectivity index is 1.40. The van der Waals surface area contributed by atoms with Crippen LogP contribution < -0.4 is 10.0 Å². The predicted octanol–water partition coefficient (Wildman–Crippen LogP) is 2.63. The lowest BCUT2D eigenvalue weighted by Gasteiger charge is -2.02. The Morgan fingerprint density at radius 2 is 1.90 bits per heavy atom. The van der Waals surface area contributed by atoms with Crippen molar-refractivity contribution in [1.82, 2.24) is 25.1 Å². The highest BCUT2D eigenvalue weighted by atomic mass is 32.2. The number of anilines is 1. The molecule has 4 aromatic rings. The predicted molar refractivity (Wildman–Crippen MR) is 113 cm³/mol. The van der Waals surface area contributed by atoms with Gasteiger partial charge in [0.25, 0.3) is 15.9 Å². The maximum Gasteiger partial charge on any atom is 0.270 e. The fourth-order valence-corrected chi connectivity index (χ4v) is 4.48. The average Bonchev–Trinajstić information content (AvgIpc) is 3.43. The summed E-state index contributed by atoms with van der Waals surface area (Å²) in [7, 11) is -3.98. The Morgan fingerprint density at radius 3 is 2.68 bits per heavy atom. The number of nitrogens with zero attached hydrogens (tertiary/aromatic N) is 4. The molecule has 0 aliphatic heterocycles. The molecule has 158 valence electrons. The Kier molecular flexibility index (Phi) is 5.84. The fourth-order valence-electron chi connectivity index (χ4n) is 2.57. The van der Waals surface area contributed by atoms with Crippen LogP contribution in [0.4, 0.5) is 5.13 Å². The Morgan fingerprint density at radius 1 is 1.10 bits per heavy atom. The van der Waals surface area contributed by atoms with Crippen molar-refractivity contribution in [3.63, 3.8) is 0 Å². The van der Waals surface area contributed by atoms with E-state index in [-0.39, 0.29) is 21.9 Å². The van der Waals surface area contributed by atoms with Crippen molar-refractivity contribution in [1.29, 1.82) is 0 Å². The van der Waals surface area contributed by atoms with Crippen molar-refractivity contribution in [2.24, 2.45) is 0 Å². The number of aromatic nitrogens is 4. The zero-order valence-corrected chi connectivity index (χ0v) is 17.8. The third-order valence-electron chi connectivity index (χ3n) is 4.05. The fraction of sp³-hybridized carbons (Fsp3) is 0.105. The molecule has 0 saturated heterocycles. The van der Waals surface area contributed by atoms with Gasteiger partial charge in [0.05, 0.1) is 6.54 Å². The molecular weight excluding hydrogens is 440 g/mol. The van der Waals surface area contributed by atoms with Gasteiger partial charge in [-0.2, -0.15) is 9.71 Å². The molecule has 0 fully saturated rings. The first-order valence-corrected chi connectivity index (χ1v) is 11.3. The molecule has 4 rings (SSSR count). The van der Waals surface area contributed by atoms with Crippen molar-refractivity contribution >= 4 is 32.4 Å². The van der Waals surface area contributed by atoms with Crippen molar-refractivity contribution < 1.29 is 17.7 Å². The van der Waals surface area contributed by atoms with Gasteiger partial charge in [0.1, 0.15) is 0 Å². The number of carbonyl (C=O) groups is 1. The number of rotatable bonds is 7. The molecule has 0 unspecified atom stereocenters. The van der Waals surface area contributed by atoms with E-state index in [1.807, 2.05) is 43.3 Å². The van der Waals surface area contributed by atoms with Gasteiger partial charge in [-0.1, -0.05) is 64.5 Å². The van der Waals surface area contributed by atoms with E-state index in [1.54, 1.807) is 18.2 Å². The molecule has 0 atom stereocenters. The monoisotopic (exact) mass is 456 g/mol. The molecule has 0 spiro atoms. The standard InChI is InChI=1S/C19H16N6O4S2/c1-12-6-5-9-14(10-12)17(26)22-18-23-24-19(30-18)31(27,28)20-11-15-21-16(25-29-15)13-7-3-2-4-8-13/h2-10,20H,11H2,1H3,(H,22,23,26). The molecular formula is C19H16N6O4S2. The van der Waals surface area contributed by atoms with E-state index in [4.69, 9.17) is 4.52 Å². The summed E-state index contributed by atoms with van der Waals surface area (Å²) >= 11 is 0.733. The van der Waals surface area contributed by atoms with Gasteiger partial charge >= 0.3 is 0 Å². The minimum absolute atomic E-state index is 0.0658. The molecule has 0 aliphatic rings. The van der Waals surface area contributed by atoms with Crippen LogP contribution in [0.1, 0.15) is 21.8 Å². The smallest absolute Gasteiger partial charge is 0.270 e. The maximum absolute atomic E-state index is 12.5. The summed E-state index contributed by atoms with van der Waals surface area (Å²) in [6.45, 7) is 1.65. The molecule has 10 nitrogen and oxygen atoms in total. The lowest BCUT2D eigenvalue weighted by atomic mass is 10.1. The second kappa shape index (κ2) is 8.71. The Hall–Kier alpha value is -3.48. The first kappa shape index (κ1) is 20.8. The van der Waals surface area contributed by atoms with Crippen LogP contribution in [0.15, 0.2) is 63.5 Å². The number of sulfonamides is 1. The summed E-state index contributed by atoms with van der Waals surface area (Å²) in [5.74, 6) is 0.0443. The summed E-state index contributed by atoms with van der Waals surface area (Å²) in [6.07, 6.45) is 0. The minimum Gasteiger partial charge on any atom is -0.338 e. The molecule has 2 aromatic heterocycles. The lowest BCUT2D eigenvalue weighted by Crippen LogP contribution is -2.23. The van der Waals surface area contributed by atoms with E-state index >= 15 is 0 Å². The highest BCUT2D eigenvalue weighted by Gasteiger charge is 2.22. The second-order valence-electron chi connectivity index (χ2n) is 6.40. The minimum atomic E-state index is -3.98. The van der Waals surface area contributed by atoms with E-state index in [0.717, 1.165) is 22.5 Å². The van der Waals surface area contributed by atoms with E-state index in [2.05, 4.69) is 30.4 Å². The molecule has 0 saturated carbocycles. The number of aryl methyl sites for hydroxylation is 1. The molecule has 1 amide bonds. The van der Waals surface area contributed by atoms with Crippen LogP contribution in [-0.2, 0) is 16.6 Å². The molecule has 2 heterocycles. The molecule has 2 aromatic carbocycles. The third kappa shape index (κ3) is 4.99. The topological polar surface area (TPSA) is 140 Å². The van der Waals surface area contributed by atoms with E-state index < -0.39 is 15.9 Å². The van der Waals surface area contributed by atoms with Gasteiger partial charge in [0.15, 0.2) is 0 Å². The van der Waals surface area contributed by atoms with Gasteiger partial charge in [-0.05, 0) is 19.1 Å². The molecule has 0 aliphatic carbocycles. The summed E-state index contributed by atoms with van der Waals surface area (Å²) in [5, 5.41) is 13.8. The Bertz CT molecular complexity index is 1320.